The molecule has 2 N–H and O–H groups in total. The van der Waals surface area contributed by atoms with Gasteiger partial charge in [-0.3, -0.25) is 9.48 Å². The Bertz CT molecular complexity index is 326. The van der Waals surface area contributed by atoms with Crippen molar-refractivity contribution in [1.29, 1.82) is 0 Å². The zero-order valence-corrected chi connectivity index (χ0v) is 9.25. The Kier molecular flexibility index (Phi) is 3.29. The first-order valence-electron chi connectivity index (χ1n) is 4.42. The van der Waals surface area contributed by atoms with Crippen molar-refractivity contribution in [3.63, 3.8) is 0 Å². The Labute approximate surface area is 88.0 Å². The third-order valence-electron chi connectivity index (χ3n) is 2.33. The van der Waals surface area contributed by atoms with Gasteiger partial charge in [0.15, 0.2) is 5.78 Å². The van der Waals surface area contributed by atoms with Gasteiger partial charge in [0.2, 0.25) is 0 Å². The number of ketones is 1. The van der Waals surface area contributed by atoms with Crippen LogP contribution < -0.4 is 5.73 Å². The van der Waals surface area contributed by atoms with Crippen molar-refractivity contribution >= 4 is 17.4 Å². The molecule has 0 aliphatic rings. The van der Waals surface area contributed by atoms with E-state index in [2.05, 4.69) is 5.10 Å². The SMILES string of the molecule is CC(N)C(C)C(=O)c1c(Cl)cnn1C. The molecule has 0 aromatic carbocycles. The van der Waals surface area contributed by atoms with E-state index < -0.39 is 0 Å². The van der Waals surface area contributed by atoms with Crippen molar-refractivity contribution in [2.24, 2.45) is 18.7 Å². The van der Waals surface area contributed by atoms with Gasteiger partial charge in [-0.1, -0.05) is 18.5 Å². The zero-order chi connectivity index (χ0) is 10.9. The monoisotopic (exact) mass is 215 g/mol. The second-order valence-corrected chi connectivity index (χ2v) is 3.88. The van der Waals surface area contributed by atoms with Gasteiger partial charge in [0.1, 0.15) is 5.69 Å². The summed E-state index contributed by atoms with van der Waals surface area (Å²) in [6.07, 6.45) is 1.46. The summed E-state index contributed by atoms with van der Waals surface area (Å²) >= 11 is 5.84. The van der Waals surface area contributed by atoms with Gasteiger partial charge in [-0.05, 0) is 6.92 Å². The normalized spacial score (nSPS) is 15.2. The minimum atomic E-state index is -0.247. The van der Waals surface area contributed by atoms with Crippen molar-refractivity contribution in [3.05, 3.63) is 16.9 Å². The number of aromatic nitrogens is 2. The number of carbonyl (C=O) groups is 1. The molecule has 0 bridgehead atoms. The van der Waals surface area contributed by atoms with Crippen LogP contribution in [0.3, 0.4) is 0 Å². The van der Waals surface area contributed by atoms with Crippen LogP contribution in [-0.2, 0) is 7.05 Å². The van der Waals surface area contributed by atoms with Crippen molar-refractivity contribution < 1.29 is 4.79 Å². The summed E-state index contributed by atoms with van der Waals surface area (Å²) in [7, 11) is 1.69. The van der Waals surface area contributed by atoms with Crippen LogP contribution in [0.5, 0.6) is 0 Å². The molecule has 5 heteroatoms. The van der Waals surface area contributed by atoms with Gasteiger partial charge in [-0.2, -0.15) is 5.10 Å². The molecule has 0 aliphatic heterocycles. The number of hydrogen-bond donors (Lipinski definition) is 1. The third-order valence-corrected chi connectivity index (χ3v) is 2.61. The van der Waals surface area contributed by atoms with Crippen LogP contribution >= 0.6 is 11.6 Å². The summed E-state index contributed by atoms with van der Waals surface area (Å²) in [5.41, 5.74) is 6.08. The summed E-state index contributed by atoms with van der Waals surface area (Å²) in [6.45, 7) is 3.59. The van der Waals surface area contributed by atoms with E-state index in [0.717, 1.165) is 0 Å². The fraction of sp³-hybridized carbons (Fsp3) is 0.556. The molecule has 0 fully saturated rings. The largest absolute Gasteiger partial charge is 0.327 e. The molecule has 1 aromatic rings. The molecule has 0 amide bonds. The summed E-state index contributed by atoms with van der Waals surface area (Å²) in [5, 5.41) is 4.28. The van der Waals surface area contributed by atoms with Gasteiger partial charge in [0, 0.05) is 19.0 Å². The van der Waals surface area contributed by atoms with Crippen LogP contribution in [0.15, 0.2) is 6.20 Å². The van der Waals surface area contributed by atoms with Crippen LogP contribution in [0.2, 0.25) is 5.02 Å². The quantitative estimate of drug-likeness (QED) is 0.772. The Morgan fingerprint density at radius 3 is 2.57 bits per heavy atom. The number of halogens is 1. The summed E-state index contributed by atoms with van der Waals surface area (Å²) < 4.78 is 1.48. The van der Waals surface area contributed by atoms with Gasteiger partial charge in [-0.25, -0.2) is 0 Å². The summed E-state index contributed by atoms with van der Waals surface area (Å²) in [4.78, 5) is 11.9. The number of aryl methyl sites for hydroxylation is 1. The fourth-order valence-corrected chi connectivity index (χ4v) is 1.40. The predicted molar refractivity (Wildman–Crippen MR) is 55.4 cm³/mol. The maximum absolute atomic E-state index is 11.9. The smallest absolute Gasteiger partial charge is 0.186 e. The maximum Gasteiger partial charge on any atom is 0.186 e. The van der Waals surface area contributed by atoms with Gasteiger partial charge < -0.3 is 5.73 Å². The van der Waals surface area contributed by atoms with Crippen LogP contribution in [0, 0.1) is 5.92 Å². The van der Waals surface area contributed by atoms with Crippen molar-refractivity contribution in [2.45, 2.75) is 19.9 Å². The highest BCUT2D eigenvalue weighted by Gasteiger charge is 2.23. The van der Waals surface area contributed by atoms with Crippen molar-refractivity contribution in [3.8, 4) is 0 Å². The molecule has 78 valence electrons. The van der Waals surface area contributed by atoms with Crippen LogP contribution in [0.25, 0.3) is 0 Å². The first-order valence-corrected chi connectivity index (χ1v) is 4.80. The topological polar surface area (TPSA) is 60.9 Å². The van der Waals surface area contributed by atoms with E-state index in [4.69, 9.17) is 17.3 Å². The molecule has 4 nitrogen and oxygen atoms in total. The van der Waals surface area contributed by atoms with Crippen LogP contribution in [0.4, 0.5) is 0 Å². The number of hydrogen-bond acceptors (Lipinski definition) is 3. The second kappa shape index (κ2) is 4.11. The molecule has 2 unspecified atom stereocenters. The average Bonchev–Trinajstić information content (AvgIpc) is 2.44. The molecule has 0 saturated carbocycles. The van der Waals surface area contributed by atoms with Crippen molar-refractivity contribution in [2.75, 3.05) is 0 Å². The van der Waals surface area contributed by atoms with Crippen LogP contribution in [-0.4, -0.2) is 21.6 Å². The lowest BCUT2D eigenvalue weighted by Crippen LogP contribution is -2.31. The van der Waals surface area contributed by atoms with Gasteiger partial charge in [-0.15, -0.1) is 0 Å². The first-order chi connectivity index (χ1) is 6.45. The molecule has 0 spiro atoms. The van der Waals surface area contributed by atoms with Gasteiger partial charge >= 0.3 is 0 Å². The Hall–Kier alpha value is -0.870. The molecule has 0 saturated heterocycles. The van der Waals surface area contributed by atoms with E-state index in [9.17, 15) is 4.79 Å². The first kappa shape index (κ1) is 11.2. The highest BCUT2D eigenvalue weighted by molar-refractivity contribution is 6.33. The van der Waals surface area contributed by atoms with Crippen molar-refractivity contribution in [1.82, 2.24) is 9.78 Å². The Morgan fingerprint density at radius 1 is 1.64 bits per heavy atom. The highest BCUT2D eigenvalue weighted by atomic mass is 35.5. The van der Waals surface area contributed by atoms with E-state index in [1.54, 1.807) is 20.9 Å². The molecule has 2 atom stereocenters. The van der Waals surface area contributed by atoms with E-state index in [-0.39, 0.29) is 17.7 Å². The minimum Gasteiger partial charge on any atom is -0.327 e. The number of nitrogens with two attached hydrogens (primary N) is 1. The van der Waals surface area contributed by atoms with E-state index in [1.807, 2.05) is 0 Å². The zero-order valence-electron chi connectivity index (χ0n) is 8.49. The standard InChI is InChI=1S/C9H14ClN3O/c1-5(6(2)11)9(14)8-7(10)4-12-13(8)3/h4-6H,11H2,1-3H3. The van der Waals surface area contributed by atoms with Gasteiger partial charge in [0.25, 0.3) is 0 Å². The highest BCUT2D eigenvalue weighted by Crippen LogP contribution is 2.19. The molecule has 14 heavy (non-hydrogen) atoms. The molecule has 0 radical (unpaired) electrons. The van der Waals surface area contributed by atoms with E-state index >= 15 is 0 Å². The van der Waals surface area contributed by atoms with Gasteiger partial charge in [0.05, 0.1) is 11.2 Å². The number of Topliss-reactive ketones (excluding diaryl/α,β-unsaturated/α-hetero) is 1. The Balaban J connectivity index is 3.00. The third kappa shape index (κ3) is 1.96. The maximum atomic E-state index is 11.9. The number of rotatable bonds is 3. The summed E-state index contributed by atoms with van der Waals surface area (Å²) in [6, 6.07) is -0.187. The molecular weight excluding hydrogens is 202 g/mol. The van der Waals surface area contributed by atoms with E-state index in [1.165, 1.54) is 10.9 Å². The van der Waals surface area contributed by atoms with Crippen LogP contribution in [0.1, 0.15) is 24.3 Å². The van der Waals surface area contributed by atoms with E-state index in [0.29, 0.717) is 10.7 Å². The number of nitrogens with zero attached hydrogens (tertiary/aromatic N) is 2. The minimum absolute atomic E-state index is 0.0648. The lowest BCUT2D eigenvalue weighted by Gasteiger charge is -2.14. The Morgan fingerprint density at radius 2 is 2.21 bits per heavy atom. The fourth-order valence-electron chi connectivity index (χ4n) is 1.14. The second-order valence-electron chi connectivity index (χ2n) is 3.48. The summed E-state index contributed by atoms with van der Waals surface area (Å²) in [5.74, 6) is -0.312. The molecule has 1 rings (SSSR count). The molecular formula is C9H14ClN3O. The number of carbonyl (C=O) groups excluding carboxylic acids is 1. The lowest BCUT2D eigenvalue weighted by atomic mass is 9.97. The molecule has 0 aliphatic carbocycles. The predicted octanol–water partition coefficient (Wildman–Crippen LogP) is 1.24. The molecule has 1 heterocycles. The lowest BCUT2D eigenvalue weighted by molar-refractivity contribution is 0.0907. The molecule has 1 aromatic heterocycles. The average molecular weight is 216 g/mol.